The Morgan fingerprint density at radius 2 is 1.73 bits per heavy atom. The molecule has 1 amide bonds. The summed E-state index contributed by atoms with van der Waals surface area (Å²) in [5, 5.41) is 3.35. The van der Waals surface area contributed by atoms with E-state index in [4.69, 9.17) is 4.74 Å². The maximum absolute atomic E-state index is 12.6. The van der Waals surface area contributed by atoms with Crippen LogP contribution < -0.4 is 15.6 Å². The molecule has 0 radical (unpaired) electrons. The third-order valence-electron chi connectivity index (χ3n) is 4.48. The van der Waals surface area contributed by atoms with Gasteiger partial charge in [0, 0.05) is 23.1 Å². The number of hydrogen-bond donors (Lipinski definition) is 1. The largest absolute Gasteiger partial charge is 0.457 e. The Kier molecular flexibility index (Phi) is 5.90. The summed E-state index contributed by atoms with van der Waals surface area (Å²) < 4.78 is 8.00. The van der Waals surface area contributed by atoms with Crippen LogP contribution in [-0.2, 0) is 11.3 Å². The zero-order chi connectivity index (χ0) is 20.9. The minimum Gasteiger partial charge on any atom is -0.457 e. The molecule has 1 N–H and O–H groups in total. The number of fused-ring (bicyclic) bond motifs is 1. The molecule has 0 saturated heterocycles. The smallest absolute Gasteiger partial charge is 0.261 e. The van der Waals surface area contributed by atoms with Gasteiger partial charge in [-0.25, -0.2) is 4.98 Å². The number of carbonyl (C=O) groups excluding carboxylic acids is 1. The summed E-state index contributed by atoms with van der Waals surface area (Å²) in [5.41, 5.74) is 1.12. The molecule has 30 heavy (non-hydrogen) atoms. The van der Waals surface area contributed by atoms with Crippen molar-refractivity contribution in [1.82, 2.24) is 9.55 Å². The SMILES string of the molecule is O=C(CCn1cnc2ccc(Br)cc2c1=O)Nc1ccc(Oc2ccccc2)cc1. The van der Waals surface area contributed by atoms with Crippen molar-refractivity contribution in [1.29, 1.82) is 0 Å². The Hall–Kier alpha value is -3.45. The van der Waals surface area contributed by atoms with E-state index in [0.29, 0.717) is 22.3 Å². The minimum atomic E-state index is -0.187. The quantitative estimate of drug-likeness (QED) is 0.437. The summed E-state index contributed by atoms with van der Waals surface area (Å²) in [7, 11) is 0. The number of aryl methyl sites for hydroxylation is 1. The molecule has 4 rings (SSSR count). The van der Waals surface area contributed by atoms with E-state index in [2.05, 4.69) is 26.2 Å². The number of rotatable bonds is 6. The van der Waals surface area contributed by atoms with Gasteiger partial charge < -0.3 is 10.1 Å². The molecule has 1 aromatic heterocycles. The number of nitrogens with zero attached hydrogens (tertiary/aromatic N) is 2. The highest BCUT2D eigenvalue weighted by Crippen LogP contribution is 2.22. The third kappa shape index (κ3) is 4.75. The number of para-hydroxylation sites is 1. The summed E-state index contributed by atoms with van der Waals surface area (Å²) in [6, 6.07) is 22.0. The second-order valence-corrected chi connectivity index (χ2v) is 7.56. The van der Waals surface area contributed by atoms with Crippen LogP contribution in [0.25, 0.3) is 10.9 Å². The first-order valence-electron chi connectivity index (χ1n) is 9.36. The number of carbonyl (C=O) groups is 1. The van der Waals surface area contributed by atoms with Gasteiger partial charge >= 0.3 is 0 Å². The van der Waals surface area contributed by atoms with E-state index in [1.54, 1.807) is 36.4 Å². The summed E-state index contributed by atoms with van der Waals surface area (Å²) in [6.45, 7) is 0.245. The molecule has 0 aliphatic rings. The first kappa shape index (κ1) is 19.8. The standard InChI is InChI=1S/C23H18BrN3O3/c24-16-6-11-21-20(14-16)23(29)27(15-25-21)13-12-22(28)26-17-7-9-19(10-8-17)30-18-4-2-1-3-5-18/h1-11,14-15H,12-13H2,(H,26,28). The molecule has 3 aromatic carbocycles. The van der Waals surface area contributed by atoms with Crippen LogP contribution in [0.2, 0.25) is 0 Å². The van der Waals surface area contributed by atoms with Crippen LogP contribution >= 0.6 is 15.9 Å². The number of anilines is 1. The molecule has 7 heteroatoms. The summed E-state index contributed by atoms with van der Waals surface area (Å²) >= 11 is 3.36. The molecule has 0 atom stereocenters. The summed E-state index contributed by atoms with van der Waals surface area (Å²) in [5.74, 6) is 1.24. The van der Waals surface area contributed by atoms with Gasteiger partial charge in [-0.15, -0.1) is 0 Å². The fourth-order valence-electron chi connectivity index (χ4n) is 2.97. The predicted octanol–water partition coefficient (Wildman–Crippen LogP) is 4.98. The molecule has 0 fully saturated rings. The Bertz CT molecular complexity index is 1240. The van der Waals surface area contributed by atoms with Crippen LogP contribution in [-0.4, -0.2) is 15.5 Å². The van der Waals surface area contributed by atoms with Crippen molar-refractivity contribution in [3.8, 4) is 11.5 Å². The minimum absolute atomic E-state index is 0.156. The number of aromatic nitrogens is 2. The Balaban J connectivity index is 1.36. The highest BCUT2D eigenvalue weighted by atomic mass is 79.9. The topological polar surface area (TPSA) is 73.2 Å². The van der Waals surface area contributed by atoms with Gasteiger partial charge in [0.25, 0.3) is 5.56 Å². The molecule has 150 valence electrons. The number of amides is 1. The lowest BCUT2D eigenvalue weighted by Crippen LogP contribution is -2.23. The van der Waals surface area contributed by atoms with Crippen molar-refractivity contribution in [2.24, 2.45) is 0 Å². The van der Waals surface area contributed by atoms with E-state index in [0.717, 1.165) is 10.2 Å². The molecule has 0 aliphatic carbocycles. The fourth-order valence-corrected chi connectivity index (χ4v) is 3.33. The lowest BCUT2D eigenvalue weighted by molar-refractivity contribution is -0.116. The molecule has 4 aromatic rings. The lowest BCUT2D eigenvalue weighted by Gasteiger charge is -2.09. The van der Waals surface area contributed by atoms with E-state index in [9.17, 15) is 9.59 Å². The number of ether oxygens (including phenoxy) is 1. The summed E-state index contributed by atoms with van der Waals surface area (Å²) in [4.78, 5) is 29.2. The van der Waals surface area contributed by atoms with Crippen molar-refractivity contribution in [2.75, 3.05) is 5.32 Å². The highest BCUT2D eigenvalue weighted by Gasteiger charge is 2.08. The number of benzene rings is 3. The molecular formula is C23H18BrN3O3. The average Bonchev–Trinajstić information content (AvgIpc) is 2.76. The highest BCUT2D eigenvalue weighted by molar-refractivity contribution is 9.10. The van der Waals surface area contributed by atoms with Gasteiger partial charge in [0.15, 0.2) is 0 Å². The molecule has 0 unspecified atom stereocenters. The van der Waals surface area contributed by atoms with Gasteiger partial charge in [-0.3, -0.25) is 14.2 Å². The van der Waals surface area contributed by atoms with Crippen LogP contribution in [0.1, 0.15) is 6.42 Å². The van der Waals surface area contributed by atoms with Crippen LogP contribution in [0.15, 0.2) is 88.4 Å². The zero-order valence-corrected chi connectivity index (χ0v) is 17.5. The molecular weight excluding hydrogens is 446 g/mol. The zero-order valence-electron chi connectivity index (χ0n) is 15.9. The number of halogens is 1. The van der Waals surface area contributed by atoms with Crippen molar-refractivity contribution >= 4 is 38.4 Å². The Morgan fingerprint density at radius 1 is 1.00 bits per heavy atom. The van der Waals surface area contributed by atoms with Crippen molar-refractivity contribution in [2.45, 2.75) is 13.0 Å². The maximum atomic E-state index is 12.6. The van der Waals surface area contributed by atoms with Crippen molar-refractivity contribution in [3.05, 3.63) is 94.0 Å². The molecule has 0 saturated carbocycles. The van der Waals surface area contributed by atoms with Crippen LogP contribution in [0.4, 0.5) is 5.69 Å². The number of hydrogen-bond acceptors (Lipinski definition) is 4. The Labute approximate surface area is 181 Å². The molecule has 0 spiro atoms. The second-order valence-electron chi connectivity index (χ2n) is 6.64. The first-order chi connectivity index (χ1) is 14.6. The van der Waals surface area contributed by atoms with E-state index < -0.39 is 0 Å². The van der Waals surface area contributed by atoms with Gasteiger partial charge in [-0.2, -0.15) is 0 Å². The van der Waals surface area contributed by atoms with E-state index in [-0.39, 0.29) is 24.4 Å². The van der Waals surface area contributed by atoms with Crippen molar-refractivity contribution < 1.29 is 9.53 Å². The first-order valence-corrected chi connectivity index (χ1v) is 10.2. The maximum Gasteiger partial charge on any atom is 0.261 e. The summed E-state index contributed by atoms with van der Waals surface area (Å²) in [6.07, 6.45) is 1.63. The van der Waals surface area contributed by atoms with Crippen LogP contribution in [0.3, 0.4) is 0 Å². The second kappa shape index (κ2) is 8.92. The van der Waals surface area contributed by atoms with Crippen LogP contribution in [0, 0.1) is 0 Å². The molecule has 1 heterocycles. The Morgan fingerprint density at radius 3 is 2.50 bits per heavy atom. The van der Waals surface area contributed by atoms with Gasteiger partial charge in [0.05, 0.1) is 17.2 Å². The van der Waals surface area contributed by atoms with Gasteiger partial charge in [-0.05, 0) is 54.6 Å². The molecule has 6 nitrogen and oxygen atoms in total. The normalized spacial score (nSPS) is 10.7. The van der Waals surface area contributed by atoms with Crippen LogP contribution in [0.5, 0.6) is 11.5 Å². The third-order valence-corrected chi connectivity index (χ3v) is 4.98. The van der Waals surface area contributed by atoms with Gasteiger partial charge in [0.2, 0.25) is 5.91 Å². The van der Waals surface area contributed by atoms with Gasteiger partial charge in [-0.1, -0.05) is 34.1 Å². The van der Waals surface area contributed by atoms with Crippen molar-refractivity contribution in [3.63, 3.8) is 0 Å². The predicted molar refractivity (Wildman–Crippen MR) is 120 cm³/mol. The fraction of sp³-hybridized carbons (Fsp3) is 0.0870. The molecule has 0 bridgehead atoms. The molecule has 0 aliphatic heterocycles. The van der Waals surface area contributed by atoms with E-state index >= 15 is 0 Å². The van der Waals surface area contributed by atoms with E-state index in [1.165, 1.54) is 10.9 Å². The monoisotopic (exact) mass is 463 g/mol. The van der Waals surface area contributed by atoms with E-state index in [1.807, 2.05) is 36.4 Å². The number of nitrogens with one attached hydrogen (secondary N) is 1. The average molecular weight is 464 g/mol. The lowest BCUT2D eigenvalue weighted by atomic mass is 10.2. The van der Waals surface area contributed by atoms with Gasteiger partial charge in [0.1, 0.15) is 11.5 Å².